The van der Waals surface area contributed by atoms with E-state index in [-0.39, 0.29) is 11.9 Å². The summed E-state index contributed by atoms with van der Waals surface area (Å²) in [5, 5.41) is 0. The Balaban J connectivity index is 1.41. The summed E-state index contributed by atoms with van der Waals surface area (Å²) in [6.07, 6.45) is 6.64. The topological polar surface area (TPSA) is 114 Å². The number of piperazine rings is 1. The first-order chi connectivity index (χ1) is 17.1. The van der Waals surface area contributed by atoms with Crippen LogP contribution in [-0.2, 0) is 9.53 Å². The number of nitrogen functional groups attached to an aromatic ring is 1. The molecular formula is C25H28N8O2. The summed E-state index contributed by atoms with van der Waals surface area (Å²) in [7, 11) is 0. The van der Waals surface area contributed by atoms with Crippen molar-refractivity contribution in [1.29, 1.82) is 0 Å². The van der Waals surface area contributed by atoms with Crippen LogP contribution >= 0.6 is 0 Å². The van der Waals surface area contributed by atoms with Gasteiger partial charge in [0.25, 0.3) is 0 Å². The van der Waals surface area contributed by atoms with Gasteiger partial charge in [0, 0.05) is 69.0 Å². The van der Waals surface area contributed by atoms with Gasteiger partial charge >= 0.3 is 0 Å². The van der Waals surface area contributed by atoms with Crippen molar-refractivity contribution in [1.82, 2.24) is 24.8 Å². The Labute approximate surface area is 204 Å². The zero-order valence-corrected chi connectivity index (χ0v) is 19.5. The number of ether oxygens (including phenoxy) is 1. The number of aromatic nitrogens is 4. The molecule has 10 heteroatoms. The smallest absolute Gasteiger partial charge is 0.246 e. The van der Waals surface area contributed by atoms with E-state index < -0.39 is 0 Å². The number of nitrogens with two attached hydrogens (primary N) is 1. The van der Waals surface area contributed by atoms with Gasteiger partial charge in [-0.15, -0.1) is 0 Å². The second-order valence-corrected chi connectivity index (χ2v) is 8.45. The third-order valence-corrected chi connectivity index (χ3v) is 6.29. The number of pyridine rings is 2. The van der Waals surface area contributed by atoms with Crippen molar-refractivity contribution < 1.29 is 9.53 Å². The van der Waals surface area contributed by atoms with E-state index >= 15 is 0 Å². The van der Waals surface area contributed by atoms with Crippen LogP contribution in [0.25, 0.3) is 22.4 Å². The Hall–Kier alpha value is -4.05. The Kier molecular flexibility index (Phi) is 6.53. The van der Waals surface area contributed by atoms with Gasteiger partial charge in [0.2, 0.25) is 11.9 Å². The fraction of sp³-hybridized carbons (Fsp3) is 0.320. The number of carbonyl (C=O) groups excluding carboxylic acids is 1. The van der Waals surface area contributed by atoms with E-state index in [0.29, 0.717) is 26.3 Å². The van der Waals surface area contributed by atoms with Crippen LogP contribution in [0.3, 0.4) is 0 Å². The summed E-state index contributed by atoms with van der Waals surface area (Å²) < 4.78 is 5.52. The van der Waals surface area contributed by atoms with Crippen LogP contribution in [0, 0.1) is 0 Å². The maximum Gasteiger partial charge on any atom is 0.246 e. The van der Waals surface area contributed by atoms with Crippen molar-refractivity contribution in [3.63, 3.8) is 0 Å². The van der Waals surface area contributed by atoms with Gasteiger partial charge < -0.3 is 25.2 Å². The maximum atomic E-state index is 11.8. The average Bonchev–Trinajstić information content (AvgIpc) is 2.93. The number of carbonyl (C=O) groups is 1. The molecule has 0 aromatic carbocycles. The lowest BCUT2D eigenvalue weighted by atomic mass is 10.1. The molecule has 3 aromatic rings. The molecule has 0 radical (unpaired) electrons. The Morgan fingerprint density at radius 1 is 0.857 bits per heavy atom. The third-order valence-electron chi connectivity index (χ3n) is 6.29. The molecule has 0 aliphatic carbocycles. The van der Waals surface area contributed by atoms with Crippen molar-refractivity contribution >= 4 is 23.5 Å². The summed E-state index contributed by atoms with van der Waals surface area (Å²) >= 11 is 0. The van der Waals surface area contributed by atoms with Crippen LogP contribution in [0.4, 0.5) is 17.6 Å². The molecule has 35 heavy (non-hydrogen) atoms. The lowest BCUT2D eigenvalue weighted by Crippen LogP contribution is -2.48. The number of amides is 1. The van der Waals surface area contributed by atoms with E-state index in [1.54, 1.807) is 12.4 Å². The summed E-state index contributed by atoms with van der Waals surface area (Å²) in [6, 6.07) is 8.21. The standard InChI is InChI=1S/C25H28N8O2/c1-2-24(34)33-7-5-31(6-8-33)22-4-3-18(15-27-22)19-13-21(20-16-28-25(26)29-17-20)30-23(14-19)32-9-11-35-12-10-32/h2-4,13-17H,1,5-12H2,(H2,26,28,29). The molecule has 2 N–H and O–H groups in total. The monoisotopic (exact) mass is 472 g/mol. The number of hydrogen-bond donors (Lipinski definition) is 1. The lowest BCUT2D eigenvalue weighted by Gasteiger charge is -2.35. The molecule has 0 atom stereocenters. The quantitative estimate of drug-likeness (QED) is 0.556. The van der Waals surface area contributed by atoms with Gasteiger partial charge in [0.05, 0.1) is 18.9 Å². The van der Waals surface area contributed by atoms with Crippen LogP contribution < -0.4 is 15.5 Å². The minimum atomic E-state index is -0.0241. The molecule has 2 saturated heterocycles. The summed E-state index contributed by atoms with van der Waals surface area (Å²) in [5.41, 5.74) is 9.25. The number of morpholine rings is 1. The van der Waals surface area contributed by atoms with E-state index in [1.807, 2.05) is 23.2 Å². The number of anilines is 3. The molecule has 1 amide bonds. The van der Waals surface area contributed by atoms with Gasteiger partial charge in [-0.2, -0.15) is 0 Å². The minimum Gasteiger partial charge on any atom is -0.378 e. The Morgan fingerprint density at radius 3 is 2.20 bits per heavy atom. The van der Waals surface area contributed by atoms with Crippen molar-refractivity contribution in [2.45, 2.75) is 0 Å². The van der Waals surface area contributed by atoms with Gasteiger partial charge in [-0.1, -0.05) is 6.58 Å². The summed E-state index contributed by atoms with van der Waals surface area (Å²) in [5.74, 6) is 1.98. The Morgan fingerprint density at radius 2 is 1.54 bits per heavy atom. The zero-order valence-electron chi connectivity index (χ0n) is 19.5. The highest BCUT2D eigenvalue weighted by molar-refractivity contribution is 5.87. The van der Waals surface area contributed by atoms with E-state index in [0.717, 1.165) is 60.2 Å². The third kappa shape index (κ3) is 5.07. The largest absolute Gasteiger partial charge is 0.378 e. The van der Waals surface area contributed by atoms with Crippen LogP contribution in [-0.4, -0.2) is 83.2 Å². The van der Waals surface area contributed by atoms with Gasteiger partial charge in [-0.3, -0.25) is 4.79 Å². The lowest BCUT2D eigenvalue weighted by molar-refractivity contribution is -0.126. The molecule has 2 fully saturated rings. The molecule has 0 unspecified atom stereocenters. The second kappa shape index (κ2) is 10.1. The highest BCUT2D eigenvalue weighted by Crippen LogP contribution is 2.30. The number of nitrogens with zero attached hydrogens (tertiary/aromatic N) is 7. The Bertz CT molecular complexity index is 1190. The average molecular weight is 473 g/mol. The first-order valence-corrected chi connectivity index (χ1v) is 11.7. The van der Waals surface area contributed by atoms with Crippen LogP contribution in [0.2, 0.25) is 0 Å². The zero-order chi connectivity index (χ0) is 24.2. The normalized spacial score (nSPS) is 16.3. The summed E-state index contributed by atoms with van der Waals surface area (Å²) in [4.78, 5) is 35.9. The second-order valence-electron chi connectivity index (χ2n) is 8.45. The van der Waals surface area contributed by atoms with Gasteiger partial charge in [-0.05, 0) is 35.9 Å². The van der Waals surface area contributed by atoms with Crippen LogP contribution in [0.1, 0.15) is 0 Å². The SMILES string of the molecule is C=CC(=O)N1CCN(c2ccc(-c3cc(-c4cnc(N)nc4)nc(N4CCOCC4)c3)cn2)CC1. The maximum absolute atomic E-state index is 11.8. The molecule has 3 aromatic heterocycles. The molecule has 5 heterocycles. The van der Waals surface area contributed by atoms with E-state index in [9.17, 15) is 4.79 Å². The molecule has 10 nitrogen and oxygen atoms in total. The first-order valence-electron chi connectivity index (χ1n) is 11.7. The molecule has 0 spiro atoms. The van der Waals surface area contributed by atoms with Crippen molar-refractivity contribution in [2.75, 3.05) is 68.0 Å². The van der Waals surface area contributed by atoms with Crippen molar-refractivity contribution in [2.24, 2.45) is 0 Å². The molecule has 180 valence electrons. The van der Waals surface area contributed by atoms with E-state index in [2.05, 4.69) is 38.5 Å². The molecule has 5 rings (SSSR count). The summed E-state index contributed by atoms with van der Waals surface area (Å²) in [6.45, 7) is 9.29. The van der Waals surface area contributed by atoms with E-state index in [4.69, 9.17) is 20.4 Å². The molecule has 0 saturated carbocycles. The fourth-order valence-electron chi connectivity index (χ4n) is 4.28. The predicted molar refractivity (Wildman–Crippen MR) is 135 cm³/mol. The van der Waals surface area contributed by atoms with Gasteiger partial charge in [-0.25, -0.2) is 19.9 Å². The highest BCUT2D eigenvalue weighted by Gasteiger charge is 2.21. The first kappa shape index (κ1) is 22.7. The molecule has 0 bridgehead atoms. The number of hydrogen-bond acceptors (Lipinski definition) is 9. The van der Waals surface area contributed by atoms with Crippen LogP contribution in [0.5, 0.6) is 0 Å². The highest BCUT2D eigenvalue weighted by atomic mass is 16.5. The molecule has 2 aliphatic rings. The van der Waals surface area contributed by atoms with Gasteiger partial charge in [0.15, 0.2) is 0 Å². The predicted octanol–water partition coefficient (Wildman–Crippen LogP) is 1.85. The molecular weight excluding hydrogens is 444 g/mol. The van der Waals surface area contributed by atoms with E-state index in [1.165, 1.54) is 6.08 Å². The number of rotatable bonds is 5. The van der Waals surface area contributed by atoms with Crippen LogP contribution in [0.15, 0.2) is 55.5 Å². The van der Waals surface area contributed by atoms with Crippen molar-refractivity contribution in [3.05, 3.63) is 55.5 Å². The minimum absolute atomic E-state index is 0.0241. The van der Waals surface area contributed by atoms with Gasteiger partial charge in [0.1, 0.15) is 11.6 Å². The molecule has 2 aliphatic heterocycles. The fourth-order valence-corrected chi connectivity index (χ4v) is 4.28. The van der Waals surface area contributed by atoms with Crippen molar-refractivity contribution in [3.8, 4) is 22.4 Å².